The summed E-state index contributed by atoms with van der Waals surface area (Å²) in [6, 6.07) is 19.3. The lowest BCUT2D eigenvalue weighted by Gasteiger charge is -2.15. The van der Waals surface area contributed by atoms with Crippen molar-refractivity contribution in [3.8, 4) is 0 Å². The van der Waals surface area contributed by atoms with Crippen molar-refractivity contribution in [1.82, 2.24) is 0 Å². The summed E-state index contributed by atoms with van der Waals surface area (Å²) in [7, 11) is 1.68. The maximum atomic E-state index is 12.5. The lowest BCUT2D eigenvalue weighted by molar-refractivity contribution is -0.137. The fraction of sp³-hybridized carbons (Fsp3) is 0.200. The Morgan fingerprint density at radius 2 is 1.62 bits per heavy atom. The van der Waals surface area contributed by atoms with Gasteiger partial charge in [0.1, 0.15) is 5.57 Å². The van der Waals surface area contributed by atoms with E-state index in [4.69, 9.17) is 4.74 Å². The van der Waals surface area contributed by atoms with Crippen LogP contribution in [0.2, 0.25) is 0 Å². The number of anilines is 1. The monoisotopic (exact) mass is 322 g/mol. The lowest BCUT2D eigenvalue weighted by Crippen LogP contribution is -2.21. The van der Waals surface area contributed by atoms with E-state index in [-0.39, 0.29) is 5.97 Å². The van der Waals surface area contributed by atoms with Crippen LogP contribution in [0, 0.1) is 0 Å². The highest BCUT2D eigenvalue weighted by Gasteiger charge is 2.21. The number of para-hydroxylation sites is 1. The zero-order valence-electron chi connectivity index (χ0n) is 14.2. The van der Waals surface area contributed by atoms with Gasteiger partial charge in [-0.1, -0.05) is 48.5 Å². The Morgan fingerprint density at radius 1 is 1.04 bits per heavy atom. The van der Waals surface area contributed by atoms with Crippen molar-refractivity contribution in [3.05, 3.63) is 77.5 Å². The highest BCUT2D eigenvalue weighted by Crippen LogP contribution is 2.18. The van der Waals surface area contributed by atoms with Crippen LogP contribution in [0.4, 0.5) is 5.69 Å². The fourth-order valence-corrected chi connectivity index (χ4v) is 2.41. The standard InChI is InChI=1S/C20H22N2O2/c1-4-24-20(23)18(15(2)22-17-13-9-6-10-14-17)19(21-3)16-11-7-5-8-12-16/h5-14,22H,4H2,1-3H3. The first-order valence-electron chi connectivity index (χ1n) is 7.90. The average Bonchev–Trinajstić information content (AvgIpc) is 2.61. The second kappa shape index (κ2) is 8.67. The van der Waals surface area contributed by atoms with Gasteiger partial charge in [0.15, 0.2) is 0 Å². The molecule has 0 heterocycles. The molecule has 0 aliphatic rings. The summed E-state index contributed by atoms with van der Waals surface area (Å²) in [4.78, 5) is 16.9. The number of hydrogen-bond acceptors (Lipinski definition) is 4. The van der Waals surface area contributed by atoms with Gasteiger partial charge in [-0.2, -0.15) is 0 Å². The van der Waals surface area contributed by atoms with E-state index < -0.39 is 0 Å². The third-order valence-corrected chi connectivity index (χ3v) is 3.47. The van der Waals surface area contributed by atoms with Crippen LogP contribution in [0.25, 0.3) is 0 Å². The number of benzene rings is 2. The van der Waals surface area contributed by atoms with Crippen molar-refractivity contribution in [2.45, 2.75) is 13.8 Å². The highest BCUT2D eigenvalue weighted by atomic mass is 16.5. The van der Waals surface area contributed by atoms with Crippen LogP contribution in [0.5, 0.6) is 0 Å². The summed E-state index contributed by atoms with van der Waals surface area (Å²) in [5, 5.41) is 3.26. The van der Waals surface area contributed by atoms with Crippen molar-refractivity contribution >= 4 is 17.4 Å². The molecular weight excluding hydrogens is 300 g/mol. The zero-order valence-corrected chi connectivity index (χ0v) is 14.2. The number of allylic oxidation sites excluding steroid dienone is 1. The summed E-state index contributed by atoms with van der Waals surface area (Å²) in [6.45, 7) is 3.96. The van der Waals surface area contributed by atoms with Crippen LogP contribution in [0.15, 0.2) is 76.9 Å². The minimum absolute atomic E-state index is 0.312. The molecule has 124 valence electrons. The number of rotatable bonds is 6. The van der Waals surface area contributed by atoms with Crippen molar-refractivity contribution < 1.29 is 9.53 Å². The number of ether oxygens (including phenoxy) is 1. The smallest absolute Gasteiger partial charge is 0.342 e. The predicted molar refractivity (Wildman–Crippen MR) is 98.3 cm³/mol. The Bertz CT molecular complexity index is 735. The number of nitrogens with zero attached hydrogens (tertiary/aromatic N) is 1. The first-order valence-corrected chi connectivity index (χ1v) is 7.90. The van der Waals surface area contributed by atoms with Crippen molar-refractivity contribution in [2.75, 3.05) is 19.0 Å². The highest BCUT2D eigenvalue weighted by molar-refractivity contribution is 6.27. The number of nitrogens with one attached hydrogen (secondary N) is 1. The van der Waals surface area contributed by atoms with E-state index in [1.54, 1.807) is 14.0 Å². The van der Waals surface area contributed by atoms with Crippen LogP contribution >= 0.6 is 0 Å². The van der Waals surface area contributed by atoms with Crippen LogP contribution in [0.3, 0.4) is 0 Å². The molecule has 0 atom stereocenters. The Hall–Kier alpha value is -2.88. The Kier molecular flexibility index (Phi) is 6.32. The van der Waals surface area contributed by atoms with Gasteiger partial charge in [0, 0.05) is 24.0 Å². The van der Waals surface area contributed by atoms with E-state index in [1.807, 2.05) is 67.6 Å². The summed E-state index contributed by atoms with van der Waals surface area (Å²) >= 11 is 0. The maximum absolute atomic E-state index is 12.5. The van der Waals surface area contributed by atoms with Crippen LogP contribution in [0.1, 0.15) is 19.4 Å². The molecule has 1 N–H and O–H groups in total. The number of hydrogen-bond donors (Lipinski definition) is 1. The quantitative estimate of drug-likeness (QED) is 0.496. The van der Waals surface area contributed by atoms with Crippen LogP contribution in [-0.4, -0.2) is 25.3 Å². The molecule has 2 rings (SSSR count). The molecule has 0 saturated carbocycles. The van der Waals surface area contributed by atoms with Gasteiger partial charge in [-0.15, -0.1) is 0 Å². The average molecular weight is 322 g/mol. The van der Waals surface area contributed by atoms with Gasteiger partial charge in [0.2, 0.25) is 0 Å². The van der Waals surface area contributed by atoms with Crippen molar-refractivity contribution in [3.63, 3.8) is 0 Å². The Labute approximate surface area is 142 Å². The number of carbonyl (C=O) groups is 1. The second-order valence-electron chi connectivity index (χ2n) is 5.15. The van der Waals surface area contributed by atoms with E-state index >= 15 is 0 Å². The first kappa shape index (κ1) is 17.5. The van der Waals surface area contributed by atoms with Gasteiger partial charge in [-0.25, -0.2) is 4.79 Å². The zero-order chi connectivity index (χ0) is 17.4. The van der Waals surface area contributed by atoms with Crippen molar-refractivity contribution in [2.24, 2.45) is 4.99 Å². The van der Waals surface area contributed by atoms with Gasteiger partial charge < -0.3 is 10.1 Å². The fourth-order valence-electron chi connectivity index (χ4n) is 2.41. The molecule has 2 aromatic carbocycles. The van der Waals surface area contributed by atoms with Gasteiger partial charge in [-0.3, -0.25) is 4.99 Å². The molecule has 0 unspecified atom stereocenters. The van der Waals surface area contributed by atoms with E-state index in [9.17, 15) is 4.79 Å². The molecule has 0 aliphatic heterocycles. The third-order valence-electron chi connectivity index (χ3n) is 3.47. The molecule has 0 aromatic heterocycles. The Morgan fingerprint density at radius 3 is 2.17 bits per heavy atom. The minimum Gasteiger partial charge on any atom is -0.462 e. The molecule has 2 aromatic rings. The Balaban J connectivity index is 2.47. The molecule has 0 spiro atoms. The molecule has 0 fully saturated rings. The summed E-state index contributed by atoms with van der Waals surface area (Å²) < 4.78 is 5.25. The van der Waals surface area contributed by atoms with E-state index in [0.717, 1.165) is 11.3 Å². The molecule has 0 bridgehead atoms. The SMILES string of the molecule is CCOC(=O)C(C(=NC)c1ccccc1)=C(C)Nc1ccccc1. The number of carbonyl (C=O) groups excluding carboxylic acids is 1. The molecular formula is C20H22N2O2. The van der Waals surface area contributed by atoms with Gasteiger partial charge >= 0.3 is 5.97 Å². The van der Waals surface area contributed by atoms with Gasteiger partial charge in [0.05, 0.1) is 12.3 Å². The molecule has 24 heavy (non-hydrogen) atoms. The molecule has 0 radical (unpaired) electrons. The minimum atomic E-state index is -0.386. The largest absolute Gasteiger partial charge is 0.462 e. The van der Waals surface area contributed by atoms with Gasteiger partial charge in [-0.05, 0) is 26.0 Å². The van der Waals surface area contributed by atoms with Crippen LogP contribution < -0.4 is 5.32 Å². The van der Waals surface area contributed by atoms with Gasteiger partial charge in [0.25, 0.3) is 0 Å². The second-order valence-corrected chi connectivity index (χ2v) is 5.15. The van der Waals surface area contributed by atoms with Crippen molar-refractivity contribution in [1.29, 1.82) is 0 Å². The lowest BCUT2D eigenvalue weighted by atomic mass is 10.0. The van der Waals surface area contributed by atoms with E-state index in [1.165, 1.54) is 0 Å². The maximum Gasteiger partial charge on any atom is 0.342 e. The van der Waals surface area contributed by atoms with E-state index in [0.29, 0.717) is 23.6 Å². The molecule has 4 heteroatoms. The normalized spacial score (nSPS) is 12.4. The van der Waals surface area contributed by atoms with E-state index in [2.05, 4.69) is 10.3 Å². The topological polar surface area (TPSA) is 50.7 Å². The number of esters is 1. The summed E-state index contributed by atoms with van der Waals surface area (Å²) in [5.74, 6) is -0.386. The molecule has 0 saturated heterocycles. The first-order chi connectivity index (χ1) is 11.7. The molecule has 4 nitrogen and oxygen atoms in total. The molecule has 0 aliphatic carbocycles. The summed E-state index contributed by atoms with van der Waals surface area (Å²) in [5.41, 5.74) is 3.52. The molecule has 0 amide bonds. The number of aliphatic imine (C=N–C) groups is 1. The van der Waals surface area contributed by atoms with Crippen LogP contribution in [-0.2, 0) is 9.53 Å². The predicted octanol–water partition coefficient (Wildman–Crippen LogP) is 4.05. The third kappa shape index (κ3) is 4.32. The summed E-state index contributed by atoms with van der Waals surface area (Å²) in [6.07, 6.45) is 0.